The van der Waals surface area contributed by atoms with Crippen molar-refractivity contribution in [2.45, 2.75) is 32.2 Å². The van der Waals surface area contributed by atoms with E-state index < -0.39 is 11.6 Å². The molecule has 0 bridgehead atoms. The lowest BCUT2D eigenvalue weighted by Gasteiger charge is -2.20. The molecule has 3 rings (SSSR count). The molecule has 2 N–H and O–H groups in total. The minimum Gasteiger partial charge on any atom is -0.325 e. The van der Waals surface area contributed by atoms with Gasteiger partial charge < -0.3 is 10.6 Å². The van der Waals surface area contributed by atoms with Crippen LogP contribution in [0.2, 0.25) is 0 Å². The Morgan fingerprint density at radius 2 is 2.14 bits per heavy atom. The summed E-state index contributed by atoms with van der Waals surface area (Å²) < 4.78 is 0. The fourth-order valence-electron chi connectivity index (χ4n) is 2.86. The summed E-state index contributed by atoms with van der Waals surface area (Å²) in [5, 5.41) is 5.44. The Morgan fingerprint density at radius 1 is 1.41 bits per heavy atom. The molecule has 6 heteroatoms. The number of benzene rings is 1. The lowest BCUT2D eigenvalue weighted by molar-refractivity contribution is -0.134. The molecule has 1 aliphatic heterocycles. The number of nitrogens with zero attached hydrogens (tertiary/aromatic N) is 1. The smallest absolute Gasteiger partial charge is 0.325 e. The van der Waals surface area contributed by atoms with E-state index in [0.717, 1.165) is 23.3 Å². The number of imide groups is 1. The Morgan fingerprint density at radius 3 is 2.77 bits per heavy atom. The van der Waals surface area contributed by atoms with Gasteiger partial charge in [0, 0.05) is 5.69 Å². The van der Waals surface area contributed by atoms with Crippen molar-refractivity contribution in [2.24, 2.45) is 5.92 Å². The number of hydrogen-bond donors (Lipinski definition) is 2. The van der Waals surface area contributed by atoms with E-state index in [0.29, 0.717) is 5.69 Å². The quantitative estimate of drug-likeness (QED) is 0.830. The maximum Gasteiger partial charge on any atom is 0.325 e. The van der Waals surface area contributed by atoms with Crippen molar-refractivity contribution in [1.29, 1.82) is 0 Å². The van der Waals surface area contributed by atoms with Gasteiger partial charge in [-0.3, -0.25) is 14.5 Å². The Bertz CT molecular complexity index is 654. The standard InChI is InChI=1S/C16H19N3O3/c1-10-4-3-5-12(8-10)17-13(20)9-19-14(21)16(2,11-6-7-11)18-15(19)22/h3-5,8,11H,6-7,9H2,1-2H3,(H,17,20)(H,18,22). The summed E-state index contributed by atoms with van der Waals surface area (Å²) in [6, 6.07) is 6.87. The van der Waals surface area contributed by atoms with Crippen LogP contribution in [0, 0.1) is 12.8 Å². The van der Waals surface area contributed by atoms with E-state index in [9.17, 15) is 14.4 Å². The monoisotopic (exact) mass is 301 g/mol. The van der Waals surface area contributed by atoms with Crippen molar-refractivity contribution < 1.29 is 14.4 Å². The number of amides is 4. The zero-order chi connectivity index (χ0) is 15.9. The van der Waals surface area contributed by atoms with Crippen LogP contribution in [0.3, 0.4) is 0 Å². The van der Waals surface area contributed by atoms with Gasteiger partial charge in [0.05, 0.1) is 0 Å². The molecule has 1 aromatic rings. The topological polar surface area (TPSA) is 78.5 Å². The average Bonchev–Trinajstić information content (AvgIpc) is 3.25. The van der Waals surface area contributed by atoms with E-state index in [4.69, 9.17) is 0 Å². The second kappa shape index (κ2) is 5.12. The number of hydrogen-bond acceptors (Lipinski definition) is 3. The van der Waals surface area contributed by atoms with Crippen molar-refractivity contribution in [3.05, 3.63) is 29.8 Å². The van der Waals surface area contributed by atoms with Crippen LogP contribution >= 0.6 is 0 Å². The lowest BCUT2D eigenvalue weighted by atomic mass is 9.96. The highest BCUT2D eigenvalue weighted by Crippen LogP contribution is 2.42. The van der Waals surface area contributed by atoms with Crippen molar-refractivity contribution in [3.63, 3.8) is 0 Å². The maximum absolute atomic E-state index is 12.4. The molecular formula is C16H19N3O3. The van der Waals surface area contributed by atoms with E-state index in [2.05, 4.69) is 10.6 Å². The maximum atomic E-state index is 12.4. The molecule has 1 saturated heterocycles. The summed E-state index contributed by atoms with van der Waals surface area (Å²) in [6.07, 6.45) is 1.87. The largest absolute Gasteiger partial charge is 0.325 e. The fourth-order valence-corrected chi connectivity index (χ4v) is 2.86. The molecule has 0 spiro atoms. The van der Waals surface area contributed by atoms with Gasteiger partial charge in [-0.2, -0.15) is 0 Å². The van der Waals surface area contributed by atoms with Crippen molar-refractivity contribution >= 4 is 23.5 Å². The summed E-state index contributed by atoms with van der Waals surface area (Å²) >= 11 is 0. The molecule has 1 unspecified atom stereocenters. The van der Waals surface area contributed by atoms with E-state index >= 15 is 0 Å². The van der Waals surface area contributed by atoms with Gasteiger partial charge in [0.15, 0.2) is 0 Å². The molecule has 116 valence electrons. The first kappa shape index (κ1) is 14.6. The number of nitrogens with one attached hydrogen (secondary N) is 2. The predicted molar refractivity (Wildman–Crippen MR) is 81.2 cm³/mol. The molecule has 1 heterocycles. The molecule has 6 nitrogen and oxygen atoms in total. The molecule has 1 atom stereocenters. The third-order valence-corrected chi connectivity index (χ3v) is 4.30. The number of carbonyl (C=O) groups is 3. The Balaban J connectivity index is 1.66. The van der Waals surface area contributed by atoms with E-state index in [1.54, 1.807) is 13.0 Å². The molecule has 4 amide bonds. The second-order valence-electron chi connectivity index (χ2n) is 6.22. The normalized spacial score (nSPS) is 24.4. The van der Waals surface area contributed by atoms with Gasteiger partial charge in [-0.15, -0.1) is 0 Å². The molecule has 1 aliphatic carbocycles. The predicted octanol–water partition coefficient (Wildman–Crippen LogP) is 1.65. The summed E-state index contributed by atoms with van der Waals surface area (Å²) in [7, 11) is 0. The van der Waals surface area contributed by atoms with Crippen LogP contribution in [0.4, 0.5) is 10.5 Å². The Labute approximate surface area is 128 Å². The first-order valence-corrected chi connectivity index (χ1v) is 7.41. The van der Waals surface area contributed by atoms with Crippen LogP contribution in [0.1, 0.15) is 25.3 Å². The first-order valence-electron chi connectivity index (χ1n) is 7.41. The summed E-state index contributed by atoms with van der Waals surface area (Å²) in [5.41, 5.74) is 0.830. The van der Waals surface area contributed by atoms with Crippen LogP contribution in [0.15, 0.2) is 24.3 Å². The summed E-state index contributed by atoms with van der Waals surface area (Å²) in [5.74, 6) is -0.498. The van der Waals surface area contributed by atoms with Crippen LogP contribution < -0.4 is 10.6 Å². The number of aryl methyl sites for hydroxylation is 1. The molecule has 22 heavy (non-hydrogen) atoms. The first-order chi connectivity index (χ1) is 10.4. The van der Waals surface area contributed by atoms with Crippen LogP contribution in [-0.4, -0.2) is 34.8 Å². The van der Waals surface area contributed by atoms with Crippen LogP contribution in [-0.2, 0) is 9.59 Å². The molecule has 2 fully saturated rings. The van der Waals surface area contributed by atoms with Crippen LogP contribution in [0.25, 0.3) is 0 Å². The van der Waals surface area contributed by atoms with Crippen molar-refractivity contribution in [1.82, 2.24) is 10.2 Å². The van der Waals surface area contributed by atoms with Gasteiger partial charge in [0.25, 0.3) is 5.91 Å². The third-order valence-electron chi connectivity index (χ3n) is 4.30. The van der Waals surface area contributed by atoms with Gasteiger partial charge >= 0.3 is 6.03 Å². The fraction of sp³-hybridized carbons (Fsp3) is 0.438. The van der Waals surface area contributed by atoms with E-state index in [1.165, 1.54) is 0 Å². The second-order valence-corrected chi connectivity index (χ2v) is 6.22. The van der Waals surface area contributed by atoms with Crippen molar-refractivity contribution in [2.75, 3.05) is 11.9 Å². The number of carbonyl (C=O) groups excluding carboxylic acids is 3. The van der Waals surface area contributed by atoms with Gasteiger partial charge in [-0.05, 0) is 50.3 Å². The lowest BCUT2D eigenvalue weighted by Crippen LogP contribution is -2.46. The van der Waals surface area contributed by atoms with Gasteiger partial charge in [-0.25, -0.2) is 4.79 Å². The summed E-state index contributed by atoms with van der Waals surface area (Å²) in [6.45, 7) is 3.40. The van der Waals surface area contributed by atoms with E-state index in [-0.39, 0.29) is 24.3 Å². The molecular weight excluding hydrogens is 282 g/mol. The third kappa shape index (κ3) is 2.56. The molecule has 1 aromatic carbocycles. The minimum absolute atomic E-state index is 0.189. The Hall–Kier alpha value is -2.37. The highest BCUT2D eigenvalue weighted by atomic mass is 16.2. The van der Waals surface area contributed by atoms with E-state index in [1.807, 2.05) is 25.1 Å². The van der Waals surface area contributed by atoms with Crippen LogP contribution in [0.5, 0.6) is 0 Å². The molecule has 0 aromatic heterocycles. The SMILES string of the molecule is Cc1cccc(NC(=O)CN2C(=O)NC(C)(C3CC3)C2=O)c1. The minimum atomic E-state index is -0.847. The average molecular weight is 301 g/mol. The van der Waals surface area contributed by atoms with Crippen molar-refractivity contribution in [3.8, 4) is 0 Å². The molecule has 2 aliphatic rings. The van der Waals surface area contributed by atoms with Gasteiger partial charge in [0.2, 0.25) is 5.91 Å². The molecule has 0 radical (unpaired) electrons. The number of rotatable bonds is 4. The zero-order valence-electron chi connectivity index (χ0n) is 12.7. The number of anilines is 1. The van der Waals surface area contributed by atoms with Gasteiger partial charge in [-0.1, -0.05) is 12.1 Å². The number of urea groups is 1. The molecule has 1 saturated carbocycles. The Kier molecular flexibility index (Phi) is 3.39. The highest BCUT2D eigenvalue weighted by Gasteiger charge is 2.56. The zero-order valence-corrected chi connectivity index (χ0v) is 12.7. The van der Waals surface area contributed by atoms with Gasteiger partial charge in [0.1, 0.15) is 12.1 Å². The summed E-state index contributed by atoms with van der Waals surface area (Å²) in [4.78, 5) is 37.5. The highest BCUT2D eigenvalue weighted by molar-refractivity contribution is 6.10.